The number of rotatable bonds is 0. The normalized spacial score (nSPS) is 6.57. The molecule has 0 aromatic heterocycles. The van der Waals surface area contributed by atoms with E-state index >= 15 is 0 Å². The van der Waals surface area contributed by atoms with Crippen molar-refractivity contribution in [2.45, 2.75) is 0 Å². The van der Waals surface area contributed by atoms with Crippen LogP contribution in [0, 0.1) is 0 Å². The molecule has 0 atom stereocenters. The van der Waals surface area contributed by atoms with Crippen LogP contribution in [0.1, 0.15) is 0 Å². The molecule has 0 unspecified atom stereocenters. The third-order valence-corrected chi connectivity index (χ3v) is 0.793. The van der Waals surface area contributed by atoms with Crippen LogP contribution in [0.5, 0.6) is 0 Å². The third kappa shape index (κ3) is 7.71. The minimum atomic E-state index is 0. The Labute approximate surface area is 96.0 Å². The van der Waals surface area contributed by atoms with E-state index in [0.717, 1.165) is 0 Å². The zero-order valence-corrected chi connectivity index (χ0v) is 8.97. The van der Waals surface area contributed by atoms with Gasteiger partial charge in [-0.3, -0.25) is 10.3 Å². The number of hydroxylamine groups is 2. The Kier molecular flexibility index (Phi) is 9.58. The Hall–Kier alpha value is 1.71. The largest absolute Gasteiger partial charge is 1.00 e. The summed E-state index contributed by atoms with van der Waals surface area (Å²) in [7, 11) is 1.38. The molecule has 0 rings (SSSR count). The molecule has 0 spiro atoms. The Morgan fingerprint density at radius 3 is 2.00 bits per heavy atom. The first-order valence-electron chi connectivity index (χ1n) is 1.28. The van der Waals surface area contributed by atoms with Crippen LogP contribution in [0.2, 0.25) is 0 Å². The minimum Gasteiger partial charge on any atom is -0.409 e. The van der Waals surface area contributed by atoms with Crippen LogP contribution in [-0.4, -0.2) is 21.6 Å². The Morgan fingerprint density at radius 1 is 1.86 bits per heavy atom. The molecule has 5 heteroatoms. The average Bonchev–Trinajstić information content (AvgIpc) is 1.36. The van der Waals surface area contributed by atoms with Crippen LogP contribution in [0.25, 0.3) is 0 Å². The van der Waals surface area contributed by atoms with Crippen LogP contribution >= 0.6 is 12.2 Å². The van der Waals surface area contributed by atoms with Crippen LogP contribution in [0.4, 0.5) is 0 Å². The molecule has 1 N–H and O–H groups in total. The topological polar surface area (TPSA) is 23.5 Å². The predicted molar refractivity (Wildman–Crippen MR) is 29.5 cm³/mol. The van der Waals surface area contributed by atoms with Gasteiger partial charge in [0.05, 0.1) is 0 Å². The van der Waals surface area contributed by atoms with Gasteiger partial charge >= 0.3 is 51.4 Å². The molecular formula is C2H4KNOS2. The van der Waals surface area contributed by atoms with E-state index in [1.54, 1.807) is 0 Å². The summed E-state index contributed by atoms with van der Waals surface area (Å²) in [6.07, 6.45) is 0. The molecule has 0 aliphatic carbocycles. The maximum absolute atomic E-state index is 8.22. The summed E-state index contributed by atoms with van der Waals surface area (Å²) in [5.74, 6) is 0. The Balaban J connectivity index is 0. The van der Waals surface area contributed by atoms with E-state index in [9.17, 15) is 0 Å². The average molecular weight is 161 g/mol. The second kappa shape index (κ2) is 5.84. The molecule has 7 heavy (non-hydrogen) atoms. The van der Waals surface area contributed by atoms with Crippen molar-refractivity contribution >= 4 is 29.2 Å². The summed E-state index contributed by atoms with van der Waals surface area (Å²) in [6.45, 7) is 0. The fourth-order valence-electron chi connectivity index (χ4n) is 0. The molecule has 0 aliphatic heterocycles. The number of thiocarbonyl (C=S) groups is 1. The second-order valence-corrected chi connectivity index (χ2v) is 1.82. The summed E-state index contributed by atoms with van der Waals surface area (Å²) in [6, 6.07) is 0. The second-order valence-electron chi connectivity index (χ2n) is 0.790. The number of nitrogens with zero attached hydrogens (tertiary/aromatic N) is 1. The standard InChI is InChI=1S/C2H5NOS2.K/c1-3(4)2(5)6;/h4H,1H3,(H,5,6);/q;+1/p-1. The van der Waals surface area contributed by atoms with Crippen molar-refractivity contribution in [1.82, 2.24) is 5.06 Å². The van der Waals surface area contributed by atoms with Crippen molar-refractivity contribution in [2.24, 2.45) is 0 Å². The first kappa shape index (κ1) is 11.5. The van der Waals surface area contributed by atoms with Gasteiger partial charge in [0, 0.05) is 7.05 Å². The van der Waals surface area contributed by atoms with Crippen LogP contribution in [0.3, 0.4) is 0 Å². The van der Waals surface area contributed by atoms with Gasteiger partial charge in [0.15, 0.2) is 0 Å². The van der Waals surface area contributed by atoms with E-state index < -0.39 is 0 Å². The molecule has 0 heterocycles. The molecule has 0 bridgehead atoms. The quantitative estimate of drug-likeness (QED) is 0.179. The van der Waals surface area contributed by atoms with Crippen LogP contribution in [-0.2, 0) is 12.6 Å². The van der Waals surface area contributed by atoms with Gasteiger partial charge in [-0.05, 0) is 4.32 Å². The summed E-state index contributed by atoms with van der Waals surface area (Å²) in [5.41, 5.74) is 0. The molecule has 0 aliphatic rings. The van der Waals surface area contributed by atoms with Crippen LogP contribution < -0.4 is 51.4 Å². The maximum Gasteiger partial charge on any atom is 1.00 e. The number of hydrogen-bond donors (Lipinski definition) is 1. The van der Waals surface area contributed by atoms with E-state index in [0.29, 0.717) is 5.06 Å². The molecule has 0 aromatic carbocycles. The van der Waals surface area contributed by atoms with Crippen molar-refractivity contribution < 1.29 is 56.6 Å². The van der Waals surface area contributed by atoms with Gasteiger partial charge in [0.2, 0.25) is 0 Å². The summed E-state index contributed by atoms with van der Waals surface area (Å²) in [5, 5.41) is 8.93. The van der Waals surface area contributed by atoms with Gasteiger partial charge in [0.25, 0.3) is 0 Å². The maximum atomic E-state index is 8.22. The SMILES string of the molecule is CN(O)C(=S)[S-].[K+]. The van der Waals surface area contributed by atoms with Gasteiger partial charge in [-0.1, -0.05) is 0 Å². The zero-order valence-electron chi connectivity index (χ0n) is 4.21. The van der Waals surface area contributed by atoms with Crippen molar-refractivity contribution in [3.05, 3.63) is 0 Å². The number of hydrogen-bond acceptors (Lipinski definition) is 3. The smallest absolute Gasteiger partial charge is 0.409 e. The van der Waals surface area contributed by atoms with Crippen molar-refractivity contribution in [1.29, 1.82) is 0 Å². The van der Waals surface area contributed by atoms with E-state index in [1.807, 2.05) is 0 Å². The van der Waals surface area contributed by atoms with Gasteiger partial charge in [0.1, 0.15) is 0 Å². The van der Waals surface area contributed by atoms with Gasteiger partial charge in [-0.15, -0.1) is 0 Å². The molecule has 0 fully saturated rings. The van der Waals surface area contributed by atoms with Crippen molar-refractivity contribution in [3.8, 4) is 0 Å². The van der Waals surface area contributed by atoms with Crippen LogP contribution in [0.15, 0.2) is 0 Å². The molecule has 0 amide bonds. The third-order valence-electron chi connectivity index (χ3n) is 0.264. The Morgan fingerprint density at radius 2 is 2.00 bits per heavy atom. The fraction of sp³-hybridized carbons (Fsp3) is 0.500. The van der Waals surface area contributed by atoms with E-state index in [1.165, 1.54) is 7.05 Å². The molecule has 0 aromatic rings. The fourth-order valence-corrected chi connectivity index (χ4v) is 0. The summed E-state index contributed by atoms with van der Waals surface area (Å²) < 4.78 is 0.0648. The molecule has 36 valence electrons. The molecular weight excluding hydrogens is 157 g/mol. The summed E-state index contributed by atoms with van der Waals surface area (Å²) in [4.78, 5) is 0. The molecule has 0 radical (unpaired) electrons. The first-order valence-corrected chi connectivity index (χ1v) is 2.10. The van der Waals surface area contributed by atoms with E-state index in [-0.39, 0.29) is 55.7 Å². The van der Waals surface area contributed by atoms with Gasteiger partial charge in [-0.2, -0.15) is 0 Å². The molecule has 0 saturated heterocycles. The monoisotopic (exact) mass is 161 g/mol. The van der Waals surface area contributed by atoms with E-state index in [4.69, 9.17) is 5.21 Å². The minimum absolute atomic E-state index is 0. The Bertz CT molecular complexity index is 66.7. The summed E-state index contributed by atoms with van der Waals surface area (Å²) >= 11 is 8.62. The van der Waals surface area contributed by atoms with Gasteiger partial charge in [-0.25, -0.2) is 0 Å². The first-order chi connectivity index (χ1) is 2.64. The van der Waals surface area contributed by atoms with Gasteiger partial charge < -0.3 is 24.8 Å². The van der Waals surface area contributed by atoms with Crippen molar-refractivity contribution in [2.75, 3.05) is 7.05 Å². The van der Waals surface area contributed by atoms with E-state index in [2.05, 4.69) is 24.8 Å². The molecule has 2 nitrogen and oxygen atoms in total. The van der Waals surface area contributed by atoms with Crippen molar-refractivity contribution in [3.63, 3.8) is 0 Å². The predicted octanol–water partition coefficient (Wildman–Crippen LogP) is -2.86. The zero-order chi connectivity index (χ0) is 5.15. The molecule has 0 saturated carbocycles.